The van der Waals surface area contributed by atoms with E-state index in [1.165, 1.54) is 7.11 Å². The van der Waals surface area contributed by atoms with E-state index in [1.807, 2.05) is 0 Å². The van der Waals surface area contributed by atoms with Crippen LogP contribution in [0.5, 0.6) is 0 Å². The molecule has 0 atom stereocenters. The van der Waals surface area contributed by atoms with Crippen molar-refractivity contribution in [3.63, 3.8) is 0 Å². The first kappa shape index (κ1) is 12.1. The second-order valence-electron chi connectivity index (χ2n) is 5.10. The molecule has 1 aromatic rings. The zero-order chi connectivity index (χ0) is 13.5. The van der Waals surface area contributed by atoms with Crippen LogP contribution in [0.15, 0.2) is 18.5 Å². The standard InChI is InChI=1S/C14H15NO4/c1-18-12(16)9-2-5-14(6-3-9)11-8-15-7-4-10(11)13(17)19-14/h4,7-9H,2-3,5-6H2,1H3/t9-,14+. The second-order valence-corrected chi connectivity index (χ2v) is 5.10. The number of nitrogens with zero attached hydrogens (tertiary/aromatic N) is 1. The Hall–Kier alpha value is -1.91. The summed E-state index contributed by atoms with van der Waals surface area (Å²) in [6.45, 7) is 0. The van der Waals surface area contributed by atoms with Crippen LogP contribution in [0.25, 0.3) is 0 Å². The summed E-state index contributed by atoms with van der Waals surface area (Å²) in [7, 11) is 1.40. The molecule has 1 aliphatic heterocycles. The molecule has 0 amide bonds. The van der Waals surface area contributed by atoms with Crippen LogP contribution in [0, 0.1) is 5.92 Å². The molecule has 3 rings (SSSR count). The molecule has 0 radical (unpaired) electrons. The van der Waals surface area contributed by atoms with Crippen molar-refractivity contribution in [3.05, 3.63) is 29.6 Å². The molecular weight excluding hydrogens is 246 g/mol. The normalized spacial score (nSPS) is 28.9. The molecule has 2 aliphatic rings. The van der Waals surface area contributed by atoms with Gasteiger partial charge in [0.2, 0.25) is 0 Å². The number of pyridine rings is 1. The molecule has 1 saturated carbocycles. The van der Waals surface area contributed by atoms with Gasteiger partial charge in [-0.15, -0.1) is 0 Å². The minimum absolute atomic E-state index is 0.0879. The first-order valence-electron chi connectivity index (χ1n) is 6.42. The van der Waals surface area contributed by atoms with E-state index < -0.39 is 5.60 Å². The highest BCUT2D eigenvalue weighted by molar-refractivity contribution is 5.94. The average molecular weight is 261 g/mol. The highest BCUT2D eigenvalue weighted by Crippen LogP contribution is 2.47. The molecule has 19 heavy (non-hydrogen) atoms. The smallest absolute Gasteiger partial charge is 0.339 e. The quantitative estimate of drug-likeness (QED) is 0.721. The second kappa shape index (κ2) is 4.33. The lowest BCUT2D eigenvalue weighted by Crippen LogP contribution is -2.34. The van der Waals surface area contributed by atoms with E-state index >= 15 is 0 Å². The zero-order valence-corrected chi connectivity index (χ0v) is 10.7. The third-order valence-electron chi connectivity index (χ3n) is 4.15. The summed E-state index contributed by atoms with van der Waals surface area (Å²) in [5.74, 6) is -0.547. The minimum Gasteiger partial charge on any atom is -0.469 e. The summed E-state index contributed by atoms with van der Waals surface area (Å²) >= 11 is 0. The van der Waals surface area contributed by atoms with E-state index in [-0.39, 0.29) is 17.9 Å². The third-order valence-corrected chi connectivity index (χ3v) is 4.15. The van der Waals surface area contributed by atoms with Gasteiger partial charge in [-0.05, 0) is 31.7 Å². The number of hydrogen-bond donors (Lipinski definition) is 0. The summed E-state index contributed by atoms with van der Waals surface area (Å²) in [4.78, 5) is 27.5. The topological polar surface area (TPSA) is 65.5 Å². The summed E-state index contributed by atoms with van der Waals surface area (Å²) in [6, 6.07) is 1.69. The predicted molar refractivity (Wildman–Crippen MR) is 65.3 cm³/mol. The van der Waals surface area contributed by atoms with E-state index in [0.717, 1.165) is 5.56 Å². The van der Waals surface area contributed by atoms with E-state index in [0.29, 0.717) is 31.2 Å². The molecule has 1 spiro atoms. The fourth-order valence-corrected chi connectivity index (χ4v) is 3.08. The number of carbonyl (C=O) groups is 2. The number of hydrogen-bond acceptors (Lipinski definition) is 5. The lowest BCUT2D eigenvalue weighted by Gasteiger charge is -2.35. The van der Waals surface area contributed by atoms with Crippen LogP contribution in [0.3, 0.4) is 0 Å². The van der Waals surface area contributed by atoms with Gasteiger partial charge < -0.3 is 9.47 Å². The Balaban J connectivity index is 1.85. The SMILES string of the molecule is COC(=O)[C@H]1CC[C@]2(CC1)OC(=O)c1ccncc12. The van der Waals surface area contributed by atoms with Crippen molar-refractivity contribution in [2.45, 2.75) is 31.3 Å². The first-order valence-corrected chi connectivity index (χ1v) is 6.42. The molecule has 5 nitrogen and oxygen atoms in total. The van der Waals surface area contributed by atoms with Gasteiger partial charge in [-0.3, -0.25) is 9.78 Å². The summed E-state index contributed by atoms with van der Waals surface area (Å²) in [6.07, 6.45) is 5.95. The molecule has 0 unspecified atom stereocenters. The van der Waals surface area contributed by atoms with E-state index in [9.17, 15) is 9.59 Å². The van der Waals surface area contributed by atoms with Crippen LogP contribution in [0.4, 0.5) is 0 Å². The third kappa shape index (κ3) is 1.80. The highest BCUT2D eigenvalue weighted by Gasteiger charge is 2.48. The average Bonchev–Trinajstić information content (AvgIpc) is 2.72. The highest BCUT2D eigenvalue weighted by atomic mass is 16.6. The Morgan fingerprint density at radius 3 is 2.89 bits per heavy atom. The fourth-order valence-electron chi connectivity index (χ4n) is 3.08. The van der Waals surface area contributed by atoms with Crippen LogP contribution >= 0.6 is 0 Å². The van der Waals surface area contributed by atoms with Crippen molar-refractivity contribution in [2.75, 3.05) is 7.11 Å². The van der Waals surface area contributed by atoms with Gasteiger partial charge in [0.05, 0.1) is 18.6 Å². The molecular formula is C14H15NO4. The summed E-state index contributed by atoms with van der Waals surface area (Å²) in [5.41, 5.74) is 0.889. The maximum Gasteiger partial charge on any atom is 0.339 e. The summed E-state index contributed by atoms with van der Waals surface area (Å²) < 4.78 is 10.4. The molecule has 1 fully saturated rings. The molecule has 100 valence electrons. The molecule has 5 heteroatoms. The predicted octanol–water partition coefficient (Wildman–Crippen LogP) is 1.81. The van der Waals surface area contributed by atoms with Crippen LogP contribution in [0.2, 0.25) is 0 Å². The van der Waals surface area contributed by atoms with E-state index in [4.69, 9.17) is 9.47 Å². The number of ether oxygens (including phenoxy) is 2. The maximum atomic E-state index is 11.9. The van der Waals surface area contributed by atoms with Crippen molar-refractivity contribution >= 4 is 11.9 Å². The van der Waals surface area contributed by atoms with Crippen molar-refractivity contribution in [1.29, 1.82) is 0 Å². The number of fused-ring (bicyclic) bond motifs is 2. The molecule has 0 aromatic carbocycles. The monoisotopic (exact) mass is 261 g/mol. The van der Waals surface area contributed by atoms with Gasteiger partial charge in [0.25, 0.3) is 0 Å². The lowest BCUT2D eigenvalue weighted by atomic mass is 9.75. The fraction of sp³-hybridized carbons (Fsp3) is 0.500. The van der Waals surface area contributed by atoms with Crippen LogP contribution < -0.4 is 0 Å². The number of esters is 2. The van der Waals surface area contributed by atoms with Crippen LogP contribution in [0.1, 0.15) is 41.6 Å². The molecule has 2 heterocycles. The largest absolute Gasteiger partial charge is 0.469 e. The molecule has 0 bridgehead atoms. The van der Waals surface area contributed by atoms with Crippen molar-refractivity contribution in [2.24, 2.45) is 5.92 Å². The molecule has 0 saturated heterocycles. The van der Waals surface area contributed by atoms with Crippen molar-refractivity contribution < 1.29 is 19.1 Å². The Bertz CT molecular complexity index is 532. The van der Waals surface area contributed by atoms with Crippen molar-refractivity contribution in [3.8, 4) is 0 Å². The van der Waals surface area contributed by atoms with Gasteiger partial charge in [-0.25, -0.2) is 4.79 Å². The Kier molecular flexibility index (Phi) is 2.77. The van der Waals surface area contributed by atoms with Gasteiger partial charge in [-0.2, -0.15) is 0 Å². The number of rotatable bonds is 1. The zero-order valence-electron chi connectivity index (χ0n) is 10.7. The summed E-state index contributed by atoms with van der Waals surface area (Å²) in [5, 5.41) is 0. The van der Waals surface area contributed by atoms with Gasteiger partial charge in [-0.1, -0.05) is 0 Å². The molecule has 1 aliphatic carbocycles. The van der Waals surface area contributed by atoms with Gasteiger partial charge >= 0.3 is 11.9 Å². The lowest BCUT2D eigenvalue weighted by molar-refractivity contribution is -0.148. The first-order chi connectivity index (χ1) is 9.16. The number of aromatic nitrogens is 1. The van der Waals surface area contributed by atoms with Crippen molar-refractivity contribution in [1.82, 2.24) is 4.98 Å². The Morgan fingerprint density at radius 1 is 1.47 bits per heavy atom. The van der Waals surface area contributed by atoms with Gasteiger partial charge in [0.15, 0.2) is 0 Å². The Morgan fingerprint density at radius 2 is 2.21 bits per heavy atom. The van der Waals surface area contributed by atoms with E-state index in [1.54, 1.807) is 18.5 Å². The van der Waals surface area contributed by atoms with Crippen LogP contribution in [-0.2, 0) is 19.9 Å². The van der Waals surface area contributed by atoms with Crippen LogP contribution in [-0.4, -0.2) is 24.0 Å². The Labute approximate surface area is 110 Å². The molecule has 0 N–H and O–H groups in total. The van der Waals surface area contributed by atoms with Gasteiger partial charge in [0.1, 0.15) is 5.60 Å². The maximum absolute atomic E-state index is 11.9. The number of methoxy groups -OCH3 is 1. The minimum atomic E-state index is -0.578. The number of carbonyl (C=O) groups excluding carboxylic acids is 2. The molecule has 1 aromatic heterocycles. The van der Waals surface area contributed by atoms with E-state index in [2.05, 4.69) is 4.98 Å². The van der Waals surface area contributed by atoms with Gasteiger partial charge in [0, 0.05) is 18.0 Å².